The van der Waals surface area contributed by atoms with Gasteiger partial charge in [-0.1, -0.05) is 35.9 Å². The van der Waals surface area contributed by atoms with Gasteiger partial charge in [-0.15, -0.1) is 5.10 Å². The van der Waals surface area contributed by atoms with Gasteiger partial charge in [-0.2, -0.15) is 13.2 Å². The lowest BCUT2D eigenvalue weighted by atomic mass is 10.1. The molecule has 0 unspecified atom stereocenters. The molecule has 33 heavy (non-hydrogen) atoms. The van der Waals surface area contributed by atoms with Crippen molar-refractivity contribution in [1.82, 2.24) is 25.0 Å². The van der Waals surface area contributed by atoms with Crippen LogP contribution in [0.1, 0.15) is 30.0 Å². The Kier molecular flexibility index (Phi) is 6.46. The van der Waals surface area contributed by atoms with Crippen LogP contribution in [0.4, 0.5) is 18.0 Å². The predicted molar refractivity (Wildman–Crippen MR) is 117 cm³/mol. The second-order valence-electron chi connectivity index (χ2n) is 7.74. The fourth-order valence-electron chi connectivity index (χ4n) is 3.38. The normalized spacial score (nSPS) is 13.7. The van der Waals surface area contributed by atoms with E-state index in [2.05, 4.69) is 15.7 Å². The highest BCUT2D eigenvalue weighted by atomic mass is 35.5. The van der Waals surface area contributed by atoms with Crippen molar-refractivity contribution in [2.45, 2.75) is 38.1 Å². The molecular formula is C22H21ClF3N5O2. The van der Waals surface area contributed by atoms with Crippen molar-refractivity contribution in [1.29, 1.82) is 0 Å². The topological polar surface area (TPSA) is 81.0 Å². The average molecular weight is 480 g/mol. The smallest absolute Gasteiger partial charge is 0.336 e. The molecule has 1 heterocycles. The maximum absolute atomic E-state index is 13.1. The summed E-state index contributed by atoms with van der Waals surface area (Å²) >= 11 is 5.83. The molecule has 2 amide bonds. The third-order valence-electron chi connectivity index (χ3n) is 5.21. The Labute approximate surface area is 192 Å². The van der Waals surface area contributed by atoms with E-state index >= 15 is 0 Å². The fourth-order valence-corrected chi connectivity index (χ4v) is 3.51. The largest absolute Gasteiger partial charge is 0.416 e. The molecule has 0 aliphatic heterocycles. The molecule has 1 saturated carbocycles. The molecule has 4 rings (SSSR count). The fraction of sp³-hybridized carbons (Fsp3) is 0.318. The second kappa shape index (κ2) is 9.30. The lowest BCUT2D eigenvalue weighted by Gasteiger charge is -2.09. The predicted octanol–water partition coefficient (Wildman–Crippen LogP) is 4.22. The number of hydrogen-bond acceptors (Lipinski definition) is 3. The molecule has 2 aromatic carbocycles. The number of rotatable bonds is 7. The van der Waals surface area contributed by atoms with Gasteiger partial charge < -0.3 is 10.6 Å². The van der Waals surface area contributed by atoms with Gasteiger partial charge in [-0.3, -0.25) is 4.57 Å². The lowest BCUT2D eigenvalue weighted by molar-refractivity contribution is -0.137. The van der Waals surface area contributed by atoms with Crippen LogP contribution in [-0.4, -0.2) is 26.9 Å². The van der Waals surface area contributed by atoms with Crippen LogP contribution >= 0.6 is 11.6 Å². The zero-order valence-electron chi connectivity index (χ0n) is 17.4. The molecular weight excluding hydrogens is 459 g/mol. The number of carbonyl (C=O) groups is 1. The van der Waals surface area contributed by atoms with Crippen LogP contribution in [0.5, 0.6) is 0 Å². The van der Waals surface area contributed by atoms with Crippen molar-refractivity contribution in [3.05, 3.63) is 75.2 Å². The van der Waals surface area contributed by atoms with E-state index in [1.165, 1.54) is 21.4 Å². The summed E-state index contributed by atoms with van der Waals surface area (Å²) in [7, 11) is 0. The van der Waals surface area contributed by atoms with Crippen molar-refractivity contribution in [2.24, 2.45) is 0 Å². The maximum atomic E-state index is 13.1. The first-order valence-electron chi connectivity index (χ1n) is 10.4. The van der Waals surface area contributed by atoms with Crippen LogP contribution in [-0.2, 0) is 19.3 Å². The van der Waals surface area contributed by atoms with Gasteiger partial charge in [0.2, 0.25) is 0 Å². The number of benzene rings is 2. The van der Waals surface area contributed by atoms with Gasteiger partial charge in [0.25, 0.3) is 0 Å². The van der Waals surface area contributed by atoms with Crippen LogP contribution in [0, 0.1) is 0 Å². The lowest BCUT2D eigenvalue weighted by Crippen LogP contribution is -2.38. The number of aromatic nitrogens is 3. The molecule has 3 aromatic rings. The van der Waals surface area contributed by atoms with Crippen molar-refractivity contribution >= 4 is 17.6 Å². The molecule has 0 atom stereocenters. The Bertz CT molecular complexity index is 1200. The zero-order chi connectivity index (χ0) is 23.6. The summed E-state index contributed by atoms with van der Waals surface area (Å²) in [4.78, 5) is 24.9. The van der Waals surface area contributed by atoms with E-state index in [1.807, 2.05) is 0 Å². The number of halogens is 4. The Hall–Kier alpha value is -3.27. The molecule has 7 nitrogen and oxygen atoms in total. The van der Waals surface area contributed by atoms with Crippen LogP contribution in [0.15, 0.2) is 53.3 Å². The molecule has 2 N–H and O–H groups in total. The summed E-state index contributed by atoms with van der Waals surface area (Å²) in [6, 6.07) is 11.3. The van der Waals surface area contributed by atoms with E-state index in [0.717, 1.165) is 30.5 Å². The van der Waals surface area contributed by atoms with Gasteiger partial charge in [-0.25, -0.2) is 14.3 Å². The van der Waals surface area contributed by atoms with Gasteiger partial charge in [0.05, 0.1) is 12.1 Å². The standard InChI is InChI=1S/C22H21ClF3N5O2/c23-17-6-4-14(5-7-17)13-28-20(32)27-10-11-30-21(33)31(18-8-9-18)19(29-30)15-2-1-3-16(12-15)22(24,25)26/h1-7,12,18H,8-11,13H2,(H2,27,28,32). The van der Waals surface area contributed by atoms with Gasteiger partial charge in [0, 0.05) is 29.7 Å². The first-order chi connectivity index (χ1) is 15.7. The number of nitrogens with zero attached hydrogens (tertiary/aromatic N) is 3. The number of urea groups is 1. The van der Waals surface area contributed by atoms with Crippen molar-refractivity contribution < 1.29 is 18.0 Å². The SMILES string of the molecule is O=C(NCCn1nc(-c2cccc(C(F)(F)F)c2)n(C2CC2)c1=O)NCc1ccc(Cl)cc1. The molecule has 11 heteroatoms. The highest BCUT2D eigenvalue weighted by molar-refractivity contribution is 6.30. The monoisotopic (exact) mass is 479 g/mol. The molecule has 0 spiro atoms. The van der Waals surface area contributed by atoms with Crippen LogP contribution < -0.4 is 16.3 Å². The van der Waals surface area contributed by atoms with Crippen LogP contribution in [0.2, 0.25) is 5.02 Å². The Morgan fingerprint density at radius 2 is 1.85 bits per heavy atom. The van der Waals surface area contributed by atoms with E-state index in [-0.39, 0.29) is 30.5 Å². The van der Waals surface area contributed by atoms with Crippen LogP contribution in [0.3, 0.4) is 0 Å². The minimum atomic E-state index is -4.49. The molecule has 0 saturated heterocycles. The number of nitrogens with one attached hydrogen (secondary N) is 2. The molecule has 1 aliphatic rings. The molecule has 174 valence electrons. The summed E-state index contributed by atoms with van der Waals surface area (Å²) < 4.78 is 42.0. The van der Waals surface area contributed by atoms with Crippen molar-refractivity contribution in [3.8, 4) is 11.4 Å². The molecule has 0 radical (unpaired) electrons. The van der Waals surface area contributed by atoms with Crippen molar-refractivity contribution in [2.75, 3.05) is 6.54 Å². The van der Waals surface area contributed by atoms with E-state index in [4.69, 9.17) is 11.6 Å². The van der Waals surface area contributed by atoms with Crippen molar-refractivity contribution in [3.63, 3.8) is 0 Å². The number of alkyl halides is 3. The Morgan fingerprint density at radius 1 is 1.12 bits per heavy atom. The minimum Gasteiger partial charge on any atom is -0.336 e. The van der Waals surface area contributed by atoms with Gasteiger partial charge in [-0.05, 0) is 42.7 Å². The van der Waals surface area contributed by atoms with E-state index < -0.39 is 23.5 Å². The minimum absolute atomic E-state index is 0.0774. The first kappa shape index (κ1) is 22.9. The summed E-state index contributed by atoms with van der Waals surface area (Å²) in [5.41, 5.74) is -0.113. The highest BCUT2D eigenvalue weighted by Crippen LogP contribution is 2.37. The number of hydrogen-bond donors (Lipinski definition) is 2. The molecule has 1 aromatic heterocycles. The molecule has 1 aliphatic carbocycles. The number of carbonyl (C=O) groups excluding carboxylic acids is 1. The molecule has 1 fully saturated rings. The third kappa shape index (κ3) is 5.57. The van der Waals surface area contributed by atoms with Crippen LogP contribution in [0.25, 0.3) is 11.4 Å². The van der Waals surface area contributed by atoms with Gasteiger partial charge in [0.15, 0.2) is 5.82 Å². The maximum Gasteiger partial charge on any atom is 0.416 e. The Morgan fingerprint density at radius 3 is 2.52 bits per heavy atom. The zero-order valence-corrected chi connectivity index (χ0v) is 18.2. The second-order valence-corrected chi connectivity index (χ2v) is 8.18. The van der Waals surface area contributed by atoms with Gasteiger partial charge in [0.1, 0.15) is 0 Å². The average Bonchev–Trinajstić information content (AvgIpc) is 3.56. The summed E-state index contributed by atoms with van der Waals surface area (Å²) in [6.45, 7) is 0.508. The molecule has 0 bridgehead atoms. The summed E-state index contributed by atoms with van der Waals surface area (Å²) in [5, 5.41) is 10.2. The summed E-state index contributed by atoms with van der Waals surface area (Å²) in [5.74, 6) is 0.195. The van der Waals surface area contributed by atoms with E-state index in [1.54, 1.807) is 24.3 Å². The van der Waals surface area contributed by atoms with E-state index in [0.29, 0.717) is 11.6 Å². The first-order valence-corrected chi connectivity index (χ1v) is 10.7. The van der Waals surface area contributed by atoms with E-state index in [9.17, 15) is 22.8 Å². The third-order valence-corrected chi connectivity index (χ3v) is 5.46. The Balaban J connectivity index is 1.42. The number of amides is 2. The van der Waals surface area contributed by atoms with Gasteiger partial charge >= 0.3 is 17.9 Å². The highest BCUT2D eigenvalue weighted by Gasteiger charge is 2.33. The quantitative estimate of drug-likeness (QED) is 0.532. The summed E-state index contributed by atoms with van der Waals surface area (Å²) in [6.07, 6.45) is -2.96.